The summed E-state index contributed by atoms with van der Waals surface area (Å²) in [6.45, 7) is 2.36. The number of aryl methyl sites for hydroxylation is 2. The molecule has 1 aromatic heterocycles. The minimum Gasteiger partial charge on any atom is -0.496 e. The van der Waals surface area contributed by atoms with Crippen LogP contribution in [0, 0.1) is 6.92 Å². The van der Waals surface area contributed by atoms with Crippen LogP contribution in [-0.4, -0.2) is 26.9 Å². The molecule has 1 saturated carbocycles. The number of nitrogens with zero attached hydrogens (tertiary/aromatic N) is 4. The molecule has 1 fully saturated rings. The van der Waals surface area contributed by atoms with Gasteiger partial charge in [0.05, 0.1) is 18.4 Å². The number of ether oxygens (including phenoxy) is 2. The highest BCUT2D eigenvalue weighted by atomic mass is 16.5. The molecule has 0 unspecified atom stereocenters. The topological polar surface area (TPSA) is 71.2 Å². The number of hydrogen-bond acceptors (Lipinski definition) is 5. The van der Waals surface area contributed by atoms with Crippen LogP contribution in [0.2, 0.25) is 0 Å². The fourth-order valence-electron chi connectivity index (χ4n) is 3.22. The number of tetrazole rings is 1. The van der Waals surface area contributed by atoms with Crippen molar-refractivity contribution in [3.63, 3.8) is 0 Å². The normalized spacial score (nSPS) is 13.6. The van der Waals surface area contributed by atoms with E-state index in [1.165, 1.54) is 33.3 Å². The number of methoxy groups -OCH3 is 1. The molecule has 140 valence electrons. The van der Waals surface area contributed by atoms with Gasteiger partial charge in [-0.25, -0.2) is 4.79 Å². The summed E-state index contributed by atoms with van der Waals surface area (Å²) in [5.41, 5.74) is 3.52. The first kappa shape index (κ1) is 17.3. The largest absolute Gasteiger partial charge is 0.496 e. The summed E-state index contributed by atoms with van der Waals surface area (Å²) in [6.07, 6.45) is 2.41. The van der Waals surface area contributed by atoms with E-state index in [2.05, 4.69) is 29.5 Å². The van der Waals surface area contributed by atoms with Crippen LogP contribution < -0.4 is 15.2 Å². The van der Waals surface area contributed by atoms with Crippen molar-refractivity contribution >= 4 is 0 Å². The second-order valence-corrected chi connectivity index (χ2v) is 6.86. The summed E-state index contributed by atoms with van der Waals surface area (Å²) in [4.78, 5) is 12.3. The van der Waals surface area contributed by atoms with Gasteiger partial charge in [0.15, 0.2) is 0 Å². The lowest BCUT2D eigenvalue weighted by Crippen LogP contribution is -2.23. The molecule has 1 aliphatic rings. The third-order valence-electron chi connectivity index (χ3n) is 4.83. The Morgan fingerprint density at radius 1 is 1.15 bits per heavy atom. The molecule has 2 aromatic carbocycles. The molecule has 0 aliphatic heterocycles. The van der Waals surface area contributed by atoms with Crippen molar-refractivity contribution in [2.75, 3.05) is 7.11 Å². The Morgan fingerprint density at radius 3 is 2.63 bits per heavy atom. The van der Waals surface area contributed by atoms with Gasteiger partial charge in [-0.15, -0.1) is 0 Å². The molecule has 0 N–H and O–H groups in total. The molecule has 7 nitrogen and oxygen atoms in total. The molecular weight excluding hydrogens is 344 g/mol. The summed E-state index contributed by atoms with van der Waals surface area (Å²) in [6, 6.07) is 11.8. The van der Waals surface area contributed by atoms with Gasteiger partial charge in [0, 0.05) is 7.05 Å². The van der Waals surface area contributed by atoms with E-state index < -0.39 is 0 Å². The van der Waals surface area contributed by atoms with Crippen LogP contribution >= 0.6 is 0 Å². The summed E-state index contributed by atoms with van der Waals surface area (Å²) >= 11 is 0. The Balaban J connectivity index is 1.70. The average Bonchev–Trinajstić information content (AvgIpc) is 3.47. The Kier molecular flexibility index (Phi) is 4.43. The highest BCUT2D eigenvalue weighted by Gasteiger charge is 2.27. The number of rotatable bonds is 6. The summed E-state index contributed by atoms with van der Waals surface area (Å²) in [7, 11) is 3.17. The molecular formula is C20H22N4O3. The Labute approximate surface area is 157 Å². The third-order valence-corrected chi connectivity index (χ3v) is 4.83. The minimum atomic E-state index is -0.321. The maximum absolute atomic E-state index is 12.3. The highest BCUT2D eigenvalue weighted by Crippen LogP contribution is 2.45. The van der Waals surface area contributed by atoms with Crippen molar-refractivity contribution in [1.82, 2.24) is 19.8 Å². The maximum atomic E-state index is 12.3. The summed E-state index contributed by atoms with van der Waals surface area (Å²) in [5.74, 6) is 2.11. The van der Waals surface area contributed by atoms with Gasteiger partial charge in [0.1, 0.15) is 18.1 Å². The van der Waals surface area contributed by atoms with Crippen molar-refractivity contribution in [3.8, 4) is 17.2 Å². The van der Waals surface area contributed by atoms with Crippen LogP contribution in [0.5, 0.6) is 11.5 Å². The summed E-state index contributed by atoms with van der Waals surface area (Å²) in [5, 5.41) is 7.75. The lowest BCUT2D eigenvalue weighted by molar-refractivity contribution is 0.293. The molecule has 0 spiro atoms. The zero-order valence-electron chi connectivity index (χ0n) is 15.7. The van der Waals surface area contributed by atoms with Crippen LogP contribution in [0.3, 0.4) is 0 Å². The van der Waals surface area contributed by atoms with E-state index in [4.69, 9.17) is 9.47 Å². The van der Waals surface area contributed by atoms with E-state index in [-0.39, 0.29) is 12.3 Å². The molecule has 0 saturated heterocycles. The fourth-order valence-corrected chi connectivity index (χ4v) is 3.22. The van der Waals surface area contributed by atoms with E-state index in [1.54, 1.807) is 14.2 Å². The Morgan fingerprint density at radius 2 is 1.96 bits per heavy atom. The van der Waals surface area contributed by atoms with Gasteiger partial charge in [0.25, 0.3) is 0 Å². The molecule has 0 bridgehead atoms. The molecule has 4 rings (SSSR count). The molecule has 1 heterocycles. The Hall–Kier alpha value is -3.09. The van der Waals surface area contributed by atoms with Gasteiger partial charge in [-0.3, -0.25) is 0 Å². The standard InChI is InChI=1S/C20H22N4O3/c1-13-7-10-19(15(11-13)14-8-9-14)27-12-16-17(5-4-6-18(16)26-3)24-20(25)23(2)21-22-24/h4-7,10-11,14H,8-9,12H2,1-3H3. The highest BCUT2D eigenvalue weighted by molar-refractivity contribution is 5.49. The van der Waals surface area contributed by atoms with Crippen molar-refractivity contribution in [1.29, 1.82) is 0 Å². The number of aromatic nitrogens is 4. The van der Waals surface area contributed by atoms with Gasteiger partial charge in [-0.2, -0.15) is 9.36 Å². The first-order valence-corrected chi connectivity index (χ1v) is 8.97. The minimum absolute atomic E-state index is 0.269. The van der Waals surface area contributed by atoms with E-state index >= 15 is 0 Å². The first-order chi connectivity index (χ1) is 13.1. The van der Waals surface area contributed by atoms with Crippen LogP contribution in [0.25, 0.3) is 5.69 Å². The number of hydrogen-bond donors (Lipinski definition) is 0. The average molecular weight is 366 g/mol. The second-order valence-electron chi connectivity index (χ2n) is 6.86. The van der Waals surface area contributed by atoms with Crippen molar-refractivity contribution in [2.24, 2.45) is 7.05 Å². The second kappa shape index (κ2) is 6.90. The maximum Gasteiger partial charge on any atom is 0.368 e. The molecule has 0 radical (unpaired) electrons. The first-order valence-electron chi connectivity index (χ1n) is 8.97. The van der Waals surface area contributed by atoms with Gasteiger partial charge >= 0.3 is 5.69 Å². The van der Waals surface area contributed by atoms with Gasteiger partial charge in [-0.1, -0.05) is 23.8 Å². The quantitative estimate of drug-likeness (QED) is 0.671. The third kappa shape index (κ3) is 3.32. The lowest BCUT2D eigenvalue weighted by atomic mass is 10.1. The predicted molar refractivity (Wildman–Crippen MR) is 101 cm³/mol. The zero-order valence-corrected chi connectivity index (χ0v) is 15.7. The molecule has 0 amide bonds. The van der Waals surface area contributed by atoms with Crippen LogP contribution in [-0.2, 0) is 13.7 Å². The van der Waals surface area contributed by atoms with Crippen LogP contribution in [0.4, 0.5) is 0 Å². The fraction of sp³-hybridized carbons (Fsp3) is 0.350. The monoisotopic (exact) mass is 366 g/mol. The summed E-state index contributed by atoms with van der Waals surface area (Å²) < 4.78 is 14.1. The van der Waals surface area contributed by atoms with Gasteiger partial charge in [0.2, 0.25) is 0 Å². The lowest BCUT2D eigenvalue weighted by Gasteiger charge is -2.16. The Bertz CT molecular complexity index is 1030. The molecule has 7 heteroatoms. The van der Waals surface area contributed by atoms with E-state index in [1.807, 2.05) is 24.3 Å². The van der Waals surface area contributed by atoms with Crippen molar-refractivity contribution < 1.29 is 9.47 Å². The van der Waals surface area contributed by atoms with Gasteiger partial charge in [-0.05, 0) is 59.9 Å². The molecule has 1 aliphatic carbocycles. The van der Waals surface area contributed by atoms with Crippen molar-refractivity contribution in [3.05, 3.63) is 63.6 Å². The smallest absolute Gasteiger partial charge is 0.368 e. The number of benzene rings is 2. The van der Waals surface area contributed by atoms with E-state index in [9.17, 15) is 4.79 Å². The van der Waals surface area contributed by atoms with E-state index in [0.29, 0.717) is 17.4 Å². The van der Waals surface area contributed by atoms with Crippen molar-refractivity contribution in [2.45, 2.75) is 32.3 Å². The van der Waals surface area contributed by atoms with E-state index in [0.717, 1.165) is 11.3 Å². The predicted octanol–water partition coefficient (Wildman–Crippen LogP) is 2.74. The van der Waals surface area contributed by atoms with Gasteiger partial charge < -0.3 is 9.47 Å². The molecule has 3 aromatic rings. The van der Waals surface area contributed by atoms with Crippen LogP contribution in [0.15, 0.2) is 41.2 Å². The molecule has 27 heavy (non-hydrogen) atoms. The zero-order chi connectivity index (χ0) is 19.0. The van der Waals surface area contributed by atoms with Crippen LogP contribution in [0.1, 0.15) is 35.4 Å². The SMILES string of the molecule is COc1cccc(-n2nnn(C)c2=O)c1COc1ccc(C)cc1C1CC1. The molecule has 0 atom stereocenters.